The fourth-order valence-electron chi connectivity index (χ4n) is 3.30. The van der Waals surface area contributed by atoms with Crippen LogP contribution in [-0.2, 0) is 4.74 Å². The van der Waals surface area contributed by atoms with Crippen molar-refractivity contribution >= 4 is 22.1 Å². The number of rotatable bonds is 3. The maximum absolute atomic E-state index is 6.13. The largest absolute Gasteiger partial charge is 0.370 e. The first kappa shape index (κ1) is 13.9. The minimum absolute atomic E-state index is 0.191. The molecular weight excluding hydrogens is 290 g/mol. The smallest absolute Gasteiger partial charge is 0.104 e. The molecule has 0 spiro atoms. The van der Waals surface area contributed by atoms with Crippen LogP contribution in [0.4, 0.5) is 0 Å². The van der Waals surface area contributed by atoms with Gasteiger partial charge in [0.25, 0.3) is 0 Å². The van der Waals surface area contributed by atoms with E-state index in [1.165, 1.54) is 26.8 Å². The average Bonchev–Trinajstić information content (AvgIpc) is 3.05. The number of benzene rings is 2. The Labute approximate surface area is 134 Å². The summed E-state index contributed by atoms with van der Waals surface area (Å²) in [4.78, 5) is 1.37. The third kappa shape index (κ3) is 2.35. The van der Waals surface area contributed by atoms with Crippen molar-refractivity contribution in [2.24, 2.45) is 0 Å². The Bertz CT molecular complexity index is 795. The van der Waals surface area contributed by atoms with Crippen molar-refractivity contribution in [2.75, 3.05) is 20.2 Å². The number of nitrogens with one attached hydrogen (secondary N) is 1. The highest BCUT2D eigenvalue weighted by Crippen LogP contribution is 2.41. The second-order valence-corrected chi connectivity index (χ2v) is 6.73. The number of likely N-dealkylation sites (N-methyl/N-ethyl adjacent to an activating group) is 1. The molecule has 112 valence electrons. The number of hydrogen-bond donors (Lipinski definition) is 1. The quantitative estimate of drug-likeness (QED) is 0.778. The highest BCUT2D eigenvalue weighted by atomic mass is 32.1. The molecule has 0 fully saturated rings. The first-order valence-electron chi connectivity index (χ1n) is 7.69. The summed E-state index contributed by atoms with van der Waals surface area (Å²) in [6, 6.07) is 17.6. The van der Waals surface area contributed by atoms with Gasteiger partial charge in [-0.1, -0.05) is 42.5 Å². The SMILES string of the molecule is CNCC1OCC(c2ccc3ccccc3c2)c2ccsc21. The van der Waals surface area contributed by atoms with Crippen molar-refractivity contribution < 1.29 is 4.74 Å². The summed E-state index contributed by atoms with van der Waals surface area (Å²) in [6.07, 6.45) is 0.191. The topological polar surface area (TPSA) is 21.3 Å². The molecule has 1 aliphatic rings. The predicted octanol–water partition coefficient (Wildman–Crippen LogP) is 4.32. The Morgan fingerprint density at radius 3 is 2.86 bits per heavy atom. The van der Waals surface area contributed by atoms with Gasteiger partial charge in [0.2, 0.25) is 0 Å². The van der Waals surface area contributed by atoms with Crippen LogP contribution in [0.5, 0.6) is 0 Å². The van der Waals surface area contributed by atoms with Crippen LogP contribution in [0.1, 0.15) is 28.0 Å². The van der Waals surface area contributed by atoms with E-state index in [0.29, 0.717) is 5.92 Å². The van der Waals surface area contributed by atoms with E-state index in [9.17, 15) is 0 Å². The van der Waals surface area contributed by atoms with E-state index in [1.807, 2.05) is 18.4 Å². The van der Waals surface area contributed by atoms with Crippen LogP contribution in [-0.4, -0.2) is 20.2 Å². The Hall–Kier alpha value is -1.68. The molecule has 1 N–H and O–H groups in total. The molecule has 22 heavy (non-hydrogen) atoms. The van der Waals surface area contributed by atoms with Crippen LogP contribution in [0.3, 0.4) is 0 Å². The average molecular weight is 309 g/mol. The van der Waals surface area contributed by atoms with E-state index < -0.39 is 0 Å². The van der Waals surface area contributed by atoms with Crippen LogP contribution in [0.2, 0.25) is 0 Å². The molecule has 2 heterocycles. The van der Waals surface area contributed by atoms with Gasteiger partial charge in [-0.25, -0.2) is 0 Å². The van der Waals surface area contributed by atoms with Crippen LogP contribution in [0.25, 0.3) is 10.8 Å². The Kier molecular flexibility index (Phi) is 3.70. The van der Waals surface area contributed by atoms with Crippen LogP contribution in [0, 0.1) is 0 Å². The van der Waals surface area contributed by atoms with Crippen LogP contribution >= 0.6 is 11.3 Å². The summed E-state index contributed by atoms with van der Waals surface area (Å²) >= 11 is 1.81. The summed E-state index contributed by atoms with van der Waals surface area (Å²) in [5.41, 5.74) is 2.79. The molecule has 0 saturated carbocycles. The minimum atomic E-state index is 0.191. The van der Waals surface area contributed by atoms with Gasteiger partial charge < -0.3 is 10.1 Å². The first-order valence-corrected chi connectivity index (χ1v) is 8.57. The van der Waals surface area contributed by atoms with Crippen molar-refractivity contribution in [1.29, 1.82) is 0 Å². The summed E-state index contributed by atoms with van der Waals surface area (Å²) in [7, 11) is 1.98. The molecule has 1 aliphatic heterocycles. The number of thiophene rings is 1. The molecule has 2 aromatic carbocycles. The normalized spacial score (nSPS) is 21.0. The maximum Gasteiger partial charge on any atom is 0.104 e. The van der Waals surface area contributed by atoms with E-state index >= 15 is 0 Å². The second-order valence-electron chi connectivity index (χ2n) is 5.78. The monoisotopic (exact) mass is 309 g/mol. The summed E-state index contributed by atoms with van der Waals surface area (Å²) in [6.45, 7) is 1.63. The zero-order valence-electron chi connectivity index (χ0n) is 12.6. The van der Waals surface area contributed by atoms with E-state index in [1.54, 1.807) is 0 Å². The van der Waals surface area contributed by atoms with Gasteiger partial charge in [0.1, 0.15) is 6.10 Å². The van der Waals surface area contributed by atoms with Crippen molar-refractivity contribution in [2.45, 2.75) is 12.0 Å². The van der Waals surface area contributed by atoms with Crippen LogP contribution in [0.15, 0.2) is 53.9 Å². The second kappa shape index (κ2) is 5.84. The molecule has 3 aromatic rings. The Morgan fingerprint density at radius 2 is 2.00 bits per heavy atom. The van der Waals surface area contributed by atoms with E-state index in [2.05, 4.69) is 59.2 Å². The highest BCUT2D eigenvalue weighted by Gasteiger charge is 2.29. The lowest BCUT2D eigenvalue weighted by molar-refractivity contribution is 0.0383. The van der Waals surface area contributed by atoms with Gasteiger partial charge in [-0.05, 0) is 40.4 Å². The summed E-state index contributed by atoms with van der Waals surface area (Å²) < 4.78 is 6.13. The molecule has 0 aliphatic carbocycles. The molecule has 0 saturated heterocycles. The van der Waals surface area contributed by atoms with Gasteiger partial charge in [-0.15, -0.1) is 11.3 Å². The zero-order valence-corrected chi connectivity index (χ0v) is 13.4. The fraction of sp³-hybridized carbons (Fsp3) is 0.263. The minimum Gasteiger partial charge on any atom is -0.370 e. The molecular formula is C19H19NOS. The fourth-order valence-corrected chi connectivity index (χ4v) is 4.31. The van der Waals surface area contributed by atoms with Crippen molar-refractivity contribution in [1.82, 2.24) is 5.32 Å². The number of hydrogen-bond acceptors (Lipinski definition) is 3. The summed E-state index contributed by atoms with van der Waals surface area (Å²) in [5, 5.41) is 8.01. The lowest BCUT2D eigenvalue weighted by Gasteiger charge is -2.29. The predicted molar refractivity (Wildman–Crippen MR) is 92.7 cm³/mol. The molecule has 2 nitrogen and oxygen atoms in total. The number of ether oxygens (including phenoxy) is 1. The van der Waals surface area contributed by atoms with Gasteiger partial charge in [-0.3, -0.25) is 0 Å². The van der Waals surface area contributed by atoms with E-state index in [-0.39, 0.29) is 6.10 Å². The van der Waals surface area contributed by atoms with Gasteiger partial charge >= 0.3 is 0 Å². The molecule has 2 unspecified atom stereocenters. The third-order valence-corrected chi connectivity index (χ3v) is 5.45. The Balaban J connectivity index is 1.74. The summed E-state index contributed by atoms with van der Waals surface area (Å²) in [5.74, 6) is 0.346. The van der Waals surface area contributed by atoms with Gasteiger partial charge in [0.05, 0.1) is 6.61 Å². The lowest BCUT2D eigenvalue weighted by Crippen LogP contribution is -2.26. The van der Waals surface area contributed by atoms with Crippen molar-refractivity contribution in [3.63, 3.8) is 0 Å². The first-order chi connectivity index (χ1) is 10.9. The molecule has 1 aromatic heterocycles. The van der Waals surface area contributed by atoms with E-state index in [0.717, 1.165) is 13.2 Å². The van der Waals surface area contributed by atoms with Gasteiger partial charge in [0, 0.05) is 17.3 Å². The van der Waals surface area contributed by atoms with Gasteiger partial charge in [0.15, 0.2) is 0 Å². The maximum atomic E-state index is 6.13. The zero-order chi connectivity index (χ0) is 14.9. The molecule has 0 bridgehead atoms. The van der Waals surface area contributed by atoms with Crippen molar-refractivity contribution in [3.8, 4) is 0 Å². The molecule has 0 amide bonds. The Morgan fingerprint density at radius 1 is 1.14 bits per heavy atom. The standard InChI is InChI=1S/C19H19NOS/c1-20-11-18-19-16(8-9-22-19)17(12-21-18)15-7-6-13-4-2-3-5-14(13)10-15/h2-10,17-18,20H,11-12H2,1H3. The molecule has 3 heteroatoms. The molecule has 4 rings (SSSR count). The van der Waals surface area contributed by atoms with E-state index in [4.69, 9.17) is 4.74 Å². The number of fused-ring (bicyclic) bond motifs is 2. The van der Waals surface area contributed by atoms with Crippen molar-refractivity contribution in [3.05, 3.63) is 69.9 Å². The lowest BCUT2D eigenvalue weighted by atomic mass is 9.88. The van der Waals surface area contributed by atoms with Crippen LogP contribution < -0.4 is 5.32 Å². The molecule has 2 atom stereocenters. The molecule has 0 radical (unpaired) electrons. The van der Waals surface area contributed by atoms with Gasteiger partial charge in [-0.2, -0.15) is 0 Å². The highest BCUT2D eigenvalue weighted by molar-refractivity contribution is 7.10. The third-order valence-electron chi connectivity index (χ3n) is 4.42.